The number of aryl methyl sites for hydroxylation is 1. The van der Waals surface area contributed by atoms with Crippen LogP contribution in [-0.4, -0.2) is 40.0 Å². The average molecular weight is 312 g/mol. The van der Waals surface area contributed by atoms with Crippen LogP contribution in [0.4, 0.5) is 5.82 Å². The number of H-pyrrole nitrogens is 1. The second-order valence-electron chi connectivity index (χ2n) is 5.88. The Bertz CT molecular complexity index is 738. The Balaban J connectivity index is 1.73. The summed E-state index contributed by atoms with van der Waals surface area (Å²) in [6.07, 6.45) is 1.94. The summed E-state index contributed by atoms with van der Waals surface area (Å²) in [6, 6.07) is 9.36. The number of carbonyl (C=O) groups excluding carboxylic acids is 2. The van der Waals surface area contributed by atoms with Crippen LogP contribution < -0.4 is 5.32 Å². The number of carbonyl (C=O) groups is 2. The molecule has 2 amide bonds. The van der Waals surface area contributed by atoms with Crippen LogP contribution in [0.5, 0.6) is 0 Å². The SMILES string of the molecule is Cc1ccccc1-c1cc(NC(=O)C2CCCC(=O)N2C)n[nH]1. The molecule has 1 fully saturated rings. The van der Waals surface area contributed by atoms with Crippen molar-refractivity contribution < 1.29 is 9.59 Å². The average Bonchev–Trinajstić information content (AvgIpc) is 2.98. The van der Waals surface area contributed by atoms with Gasteiger partial charge in [-0.1, -0.05) is 24.3 Å². The van der Waals surface area contributed by atoms with Gasteiger partial charge in [0.05, 0.1) is 5.69 Å². The van der Waals surface area contributed by atoms with E-state index in [1.54, 1.807) is 7.05 Å². The molecule has 2 N–H and O–H groups in total. The Kier molecular flexibility index (Phi) is 4.14. The van der Waals surface area contributed by atoms with Crippen molar-refractivity contribution in [1.82, 2.24) is 15.1 Å². The van der Waals surface area contributed by atoms with Crippen LogP contribution in [0.1, 0.15) is 24.8 Å². The zero-order valence-electron chi connectivity index (χ0n) is 13.3. The van der Waals surface area contributed by atoms with Crippen molar-refractivity contribution in [2.24, 2.45) is 0 Å². The molecular weight excluding hydrogens is 292 g/mol. The largest absolute Gasteiger partial charge is 0.334 e. The highest BCUT2D eigenvalue weighted by Gasteiger charge is 2.30. The molecule has 6 heteroatoms. The summed E-state index contributed by atoms with van der Waals surface area (Å²) in [4.78, 5) is 25.6. The molecule has 1 aliphatic rings. The van der Waals surface area contributed by atoms with Gasteiger partial charge in [-0.15, -0.1) is 0 Å². The standard InChI is InChI=1S/C17H20N4O2/c1-11-6-3-4-7-12(11)13-10-15(20-19-13)18-17(23)14-8-5-9-16(22)21(14)2/h3-4,6-7,10,14H,5,8-9H2,1-2H3,(H2,18,19,20,23). The third-order valence-electron chi connectivity index (χ3n) is 4.30. The van der Waals surface area contributed by atoms with E-state index in [9.17, 15) is 9.59 Å². The maximum Gasteiger partial charge on any atom is 0.248 e. The maximum atomic E-state index is 12.4. The molecule has 0 radical (unpaired) electrons. The molecule has 0 bridgehead atoms. The smallest absolute Gasteiger partial charge is 0.248 e. The topological polar surface area (TPSA) is 78.1 Å². The monoisotopic (exact) mass is 312 g/mol. The van der Waals surface area contributed by atoms with E-state index in [1.807, 2.05) is 37.3 Å². The lowest BCUT2D eigenvalue weighted by molar-refractivity contribution is -0.140. The molecule has 120 valence electrons. The van der Waals surface area contributed by atoms with Crippen molar-refractivity contribution in [1.29, 1.82) is 0 Å². The first-order valence-corrected chi connectivity index (χ1v) is 7.74. The normalized spacial score (nSPS) is 18.1. The van der Waals surface area contributed by atoms with Crippen LogP contribution in [0, 0.1) is 6.92 Å². The molecule has 1 atom stereocenters. The predicted molar refractivity (Wildman–Crippen MR) is 87.8 cm³/mol. The molecule has 1 saturated heterocycles. The molecule has 23 heavy (non-hydrogen) atoms. The zero-order chi connectivity index (χ0) is 16.4. The minimum absolute atomic E-state index is 0.0130. The molecule has 3 rings (SSSR count). The number of rotatable bonds is 3. The van der Waals surface area contributed by atoms with Crippen LogP contribution >= 0.6 is 0 Å². The first-order valence-electron chi connectivity index (χ1n) is 7.74. The summed E-state index contributed by atoms with van der Waals surface area (Å²) in [5, 5.41) is 9.90. The maximum absolute atomic E-state index is 12.4. The fraction of sp³-hybridized carbons (Fsp3) is 0.353. The summed E-state index contributed by atoms with van der Waals surface area (Å²) in [5.41, 5.74) is 3.03. The summed E-state index contributed by atoms with van der Waals surface area (Å²) < 4.78 is 0. The third-order valence-corrected chi connectivity index (χ3v) is 4.30. The van der Waals surface area contributed by atoms with Crippen molar-refractivity contribution in [2.75, 3.05) is 12.4 Å². The molecule has 2 aromatic rings. The molecule has 0 saturated carbocycles. The summed E-state index contributed by atoms with van der Waals surface area (Å²) in [6.45, 7) is 2.02. The van der Waals surface area contributed by atoms with Gasteiger partial charge in [0.1, 0.15) is 6.04 Å². The Labute approximate surface area is 134 Å². The van der Waals surface area contributed by atoms with Crippen molar-refractivity contribution in [3.8, 4) is 11.3 Å². The molecule has 1 aliphatic heterocycles. The van der Waals surface area contributed by atoms with Crippen molar-refractivity contribution in [2.45, 2.75) is 32.2 Å². The number of likely N-dealkylation sites (N-methyl/N-ethyl adjacent to an activating group) is 1. The van der Waals surface area contributed by atoms with Crippen molar-refractivity contribution >= 4 is 17.6 Å². The zero-order valence-corrected chi connectivity index (χ0v) is 13.3. The lowest BCUT2D eigenvalue weighted by Gasteiger charge is -2.30. The van der Waals surface area contributed by atoms with Crippen LogP contribution in [0.2, 0.25) is 0 Å². The number of piperidine rings is 1. The molecule has 2 heterocycles. The number of hydrogen-bond acceptors (Lipinski definition) is 3. The Morgan fingerprint density at radius 3 is 2.96 bits per heavy atom. The Morgan fingerprint density at radius 1 is 1.39 bits per heavy atom. The van der Waals surface area contributed by atoms with Gasteiger partial charge in [-0.3, -0.25) is 14.7 Å². The quantitative estimate of drug-likeness (QED) is 0.913. The van der Waals surface area contributed by atoms with Crippen molar-refractivity contribution in [3.05, 3.63) is 35.9 Å². The van der Waals surface area contributed by atoms with E-state index in [2.05, 4.69) is 15.5 Å². The van der Waals surface area contributed by atoms with Crippen LogP contribution in [0.3, 0.4) is 0 Å². The summed E-state index contributed by atoms with van der Waals surface area (Å²) in [7, 11) is 1.68. The van der Waals surface area contributed by atoms with Crippen LogP contribution in [0.15, 0.2) is 30.3 Å². The molecule has 1 unspecified atom stereocenters. The Hall–Kier alpha value is -2.63. The van der Waals surface area contributed by atoms with Crippen molar-refractivity contribution in [3.63, 3.8) is 0 Å². The highest BCUT2D eigenvalue weighted by molar-refractivity contribution is 5.97. The summed E-state index contributed by atoms with van der Waals surface area (Å²) >= 11 is 0. The number of anilines is 1. The predicted octanol–water partition coefficient (Wildman–Crippen LogP) is 2.33. The van der Waals surface area contributed by atoms with E-state index in [-0.39, 0.29) is 11.8 Å². The number of amides is 2. The second-order valence-corrected chi connectivity index (χ2v) is 5.88. The Morgan fingerprint density at radius 2 is 2.17 bits per heavy atom. The van der Waals surface area contributed by atoms with Crippen LogP contribution in [-0.2, 0) is 9.59 Å². The van der Waals surface area contributed by atoms with Crippen LogP contribution in [0.25, 0.3) is 11.3 Å². The molecule has 1 aromatic carbocycles. The number of hydrogen-bond donors (Lipinski definition) is 2. The lowest BCUT2D eigenvalue weighted by Crippen LogP contribution is -2.47. The van der Waals surface area contributed by atoms with Gasteiger partial charge in [0.2, 0.25) is 11.8 Å². The molecule has 0 spiro atoms. The number of nitrogens with one attached hydrogen (secondary N) is 2. The van der Waals surface area contributed by atoms with E-state index in [1.165, 1.54) is 4.90 Å². The summed E-state index contributed by atoms with van der Waals surface area (Å²) in [5.74, 6) is 0.294. The fourth-order valence-corrected chi connectivity index (χ4v) is 2.91. The molecule has 0 aliphatic carbocycles. The van der Waals surface area contributed by atoms with Gasteiger partial charge < -0.3 is 10.2 Å². The minimum Gasteiger partial charge on any atom is -0.334 e. The number of benzene rings is 1. The van der Waals surface area contributed by atoms with E-state index in [0.29, 0.717) is 18.7 Å². The van der Waals surface area contributed by atoms with Gasteiger partial charge in [0, 0.05) is 25.1 Å². The minimum atomic E-state index is -0.421. The third kappa shape index (κ3) is 3.11. The number of aromatic nitrogens is 2. The van der Waals surface area contributed by atoms with Gasteiger partial charge in [0.15, 0.2) is 5.82 Å². The van der Waals surface area contributed by atoms with E-state index in [4.69, 9.17) is 0 Å². The van der Waals surface area contributed by atoms with Gasteiger partial charge in [-0.25, -0.2) is 0 Å². The first-order chi connectivity index (χ1) is 11.1. The molecular formula is C17H20N4O2. The highest BCUT2D eigenvalue weighted by Crippen LogP contribution is 2.24. The van der Waals surface area contributed by atoms with E-state index in [0.717, 1.165) is 23.2 Å². The fourth-order valence-electron chi connectivity index (χ4n) is 2.91. The number of nitrogens with zero attached hydrogens (tertiary/aromatic N) is 2. The van der Waals surface area contributed by atoms with Gasteiger partial charge in [0.25, 0.3) is 0 Å². The van der Waals surface area contributed by atoms with E-state index < -0.39 is 6.04 Å². The van der Waals surface area contributed by atoms with E-state index >= 15 is 0 Å². The van der Waals surface area contributed by atoms with Gasteiger partial charge in [-0.2, -0.15) is 5.10 Å². The molecule has 1 aromatic heterocycles. The van der Waals surface area contributed by atoms with Gasteiger partial charge in [-0.05, 0) is 25.3 Å². The second kappa shape index (κ2) is 6.24. The lowest BCUT2D eigenvalue weighted by atomic mass is 10.0. The number of likely N-dealkylation sites (tertiary alicyclic amines) is 1. The molecule has 6 nitrogen and oxygen atoms in total. The highest BCUT2D eigenvalue weighted by atomic mass is 16.2. The van der Waals surface area contributed by atoms with Gasteiger partial charge >= 0.3 is 0 Å². The first kappa shape index (κ1) is 15.3. The number of aromatic amines is 1.